The van der Waals surface area contributed by atoms with Gasteiger partial charge in [0.25, 0.3) is 0 Å². The summed E-state index contributed by atoms with van der Waals surface area (Å²) in [6.45, 7) is 6.61. The lowest BCUT2D eigenvalue weighted by Crippen LogP contribution is -2.33. The summed E-state index contributed by atoms with van der Waals surface area (Å²) in [6.07, 6.45) is 3.89. The summed E-state index contributed by atoms with van der Waals surface area (Å²) >= 11 is 6.03. The number of halogens is 1. The third-order valence-corrected chi connectivity index (χ3v) is 3.56. The molecule has 0 saturated carbocycles. The van der Waals surface area contributed by atoms with Gasteiger partial charge in [-0.1, -0.05) is 37.6 Å². The minimum Gasteiger partial charge on any atom is -0.396 e. The van der Waals surface area contributed by atoms with Crippen LogP contribution in [0, 0.1) is 12.3 Å². The second-order valence-corrected chi connectivity index (χ2v) is 6.10. The predicted molar refractivity (Wildman–Crippen MR) is 83.7 cm³/mol. The highest BCUT2D eigenvalue weighted by Crippen LogP contribution is 2.18. The molecule has 1 rings (SSSR count). The summed E-state index contributed by atoms with van der Waals surface area (Å²) in [5, 5.41) is 12.5. The highest BCUT2D eigenvalue weighted by atomic mass is 35.5. The maximum absolute atomic E-state index is 11.7. The summed E-state index contributed by atoms with van der Waals surface area (Å²) in [5.74, 6) is -0.146. The van der Waals surface area contributed by atoms with Gasteiger partial charge >= 0.3 is 0 Å². The topological polar surface area (TPSA) is 49.3 Å². The van der Waals surface area contributed by atoms with Crippen molar-refractivity contribution in [3.63, 3.8) is 0 Å². The summed E-state index contributed by atoms with van der Waals surface area (Å²) in [5.41, 5.74) is 1.80. The van der Waals surface area contributed by atoms with E-state index in [4.69, 9.17) is 16.7 Å². The Morgan fingerprint density at radius 1 is 1.45 bits per heavy atom. The maximum Gasteiger partial charge on any atom is 0.244 e. The molecule has 0 heterocycles. The molecule has 1 aromatic carbocycles. The van der Waals surface area contributed by atoms with Crippen LogP contribution in [0.2, 0.25) is 5.02 Å². The van der Waals surface area contributed by atoms with E-state index in [1.165, 1.54) is 6.08 Å². The minimum atomic E-state index is -0.146. The molecule has 1 aromatic rings. The first-order chi connectivity index (χ1) is 9.34. The van der Waals surface area contributed by atoms with Crippen molar-refractivity contribution in [3.05, 3.63) is 40.4 Å². The number of rotatable bonds is 6. The van der Waals surface area contributed by atoms with Crippen LogP contribution in [0.15, 0.2) is 24.3 Å². The minimum absolute atomic E-state index is 0.106. The number of amides is 1. The van der Waals surface area contributed by atoms with Crippen LogP contribution < -0.4 is 5.32 Å². The van der Waals surface area contributed by atoms with Crippen LogP contribution in [-0.4, -0.2) is 24.2 Å². The lowest BCUT2D eigenvalue weighted by Gasteiger charge is -2.23. The summed E-state index contributed by atoms with van der Waals surface area (Å²) < 4.78 is 0. The van der Waals surface area contributed by atoms with Gasteiger partial charge in [-0.05, 0) is 42.0 Å². The molecular weight excluding hydrogens is 274 g/mol. The van der Waals surface area contributed by atoms with E-state index in [2.05, 4.69) is 5.32 Å². The number of hydrogen-bond donors (Lipinski definition) is 2. The van der Waals surface area contributed by atoms with Crippen LogP contribution in [0.1, 0.15) is 31.4 Å². The van der Waals surface area contributed by atoms with Gasteiger partial charge in [0.1, 0.15) is 0 Å². The maximum atomic E-state index is 11.7. The zero-order valence-corrected chi connectivity index (χ0v) is 13.0. The Morgan fingerprint density at radius 3 is 2.75 bits per heavy atom. The largest absolute Gasteiger partial charge is 0.396 e. The molecule has 0 atom stereocenters. The molecule has 0 aromatic heterocycles. The zero-order valence-electron chi connectivity index (χ0n) is 12.2. The lowest BCUT2D eigenvalue weighted by atomic mass is 9.90. The van der Waals surface area contributed by atoms with Crippen LogP contribution >= 0.6 is 11.6 Å². The number of hydrogen-bond acceptors (Lipinski definition) is 2. The Morgan fingerprint density at radius 2 is 2.15 bits per heavy atom. The highest BCUT2D eigenvalue weighted by molar-refractivity contribution is 6.31. The first-order valence-corrected chi connectivity index (χ1v) is 7.05. The molecule has 2 N–H and O–H groups in total. The lowest BCUT2D eigenvalue weighted by molar-refractivity contribution is -0.116. The molecule has 20 heavy (non-hydrogen) atoms. The number of aryl methyl sites for hydroxylation is 1. The molecule has 0 aliphatic carbocycles. The molecule has 3 nitrogen and oxygen atoms in total. The van der Waals surface area contributed by atoms with Crippen molar-refractivity contribution in [2.24, 2.45) is 5.41 Å². The zero-order chi connectivity index (χ0) is 15.2. The average molecular weight is 296 g/mol. The van der Waals surface area contributed by atoms with Crippen molar-refractivity contribution in [3.8, 4) is 0 Å². The number of aliphatic hydroxyl groups excluding tert-OH is 1. The second-order valence-electron chi connectivity index (χ2n) is 5.70. The molecule has 1 amide bonds. The summed E-state index contributed by atoms with van der Waals surface area (Å²) in [4.78, 5) is 11.7. The molecule has 0 saturated heterocycles. The van der Waals surface area contributed by atoms with Gasteiger partial charge in [-0.3, -0.25) is 4.79 Å². The molecule has 0 bridgehead atoms. The van der Waals surface area contributed by atoms with E-state index in [1.54, 1.807) is 6.08 Å². The third kappa shape index (κ3) is 5.76. The number of benzene rings is 1. The predicted octanol–water partition coefficient (Wildman–Crippen LogP) is 3.19. The fourth-order valence-electron chi connectivity index (χ4n) is 1.66. The summed E-state index contributed by atoms with van der Waals surface area (Å²) in [7, 11) is 0. The van der Waals surface area contributed by atoms with E-state index < -0.39 is 0 Å². The van der Waals surface area contributed by atoms with Crippen molar-refractivity contribution in [1.82, 2.24) is 5.32 Å². The molecule has 0 aliphatic heterocycles. The van der Waals surface area contributed by atoms with Gasteiger partial charge < -0.3 is 10.4 Å². The smallest absolute Gasteiger partial charge is 0.244 e. The van der Waals surface area contributed by atoms with Gasteiger partial charge in [-0.25, -0.2) is 0 Å². The standard InChI is InChI=1S/C16H22ClNO2/c1-12-4-5-13(10-14(12)17)6-7-15(20)18-11-16(2,3)8-9-19/h4-7,10,19H,8-9,11H2,1-3H3,(H,18,20)/b7-6+. The molecular formula is C16H22ClNO2. The van der Waals surface area contributed by atoms with Crippen molar-refractivity contribution in [1.29, 1.82) is 0 Å². The van der Waals surface area contributed by atoms with Crippen molar-refractivity contribution in [2.45, 2.75) is 27.2 Å². The fraction of sp³-hybridized carbons (Fsp3) is 0.438. The van der Waals surface area contributed by atoms with Crippen molar-refractivity contribution in [2.75, 3.05) is 13.2 Å². The van der Waals surface area contributed by atoms with Gasteiger partial charge in [0, 0.05) is 24.3 Å². The Balaban J connectivity index is 2.53. The van der Waals surface area contributed by atoms with Crippen LogP contribution in [0.4, 0.5) is 0 Å². The van der Waals surface area contributed by atoms with E-state index in [0.717, 1.165) is 11.1 Å². The van der Waals surface area contributed by atoms with Crippen LogP contribution in [0.25, 0.3) is 6.08 Å². The van der Waals surface area contributed by atoms with E-state index in [0.29, 0.717) is 18.0 Å². The van der Waals surface area contributed by atoms with Gasteiger partial charge in [-0.2, -0.15) is 0 Å². The second kappa shape index (κ2) is 7.46. The Hall–Kier alpha value is -1.32. The number of carbonyl (C=O) groups excluding carboxylic acids is 1. The van der Waals surface area contributed by atoms with Gasteiger partial charge in [-0.15, -0.1) is 0 Å². The van der Waals surface area contributed by atoms with E-state index in [1.807, 2.05) is 39.0 Å². The number of aliphatic hydroxyl groups is 1. The molecule has 4 heteroatoms. The Bertz CT molecular complexity index is 495. The average Bonchev–Trinajstić information content (AvgIpc) is 2.38. The van der Waals surface area contributed by atoms with E-state index >= 15 is 0 Å². The highest BCUT2D eigenvalue weighted by Gasteiger charge is 2.17. The third-order valence-electron chi connectivity index (χ3n) is 3.15. The molecule has 0 aliphatic rings. The molecule has 0 radical (unpaired) electrons. The molecule has 0 unspecified atom stereocenters. The van der Waals surface area contributed by atoms with Crippen molar-refractivity contribution >= 4 is 23.6 Å². The molecule has 110 valence electrons. The fourth-order valence-corrected chi connectivity index (χ4v) is 1.85. The Labute approximate surface area is 125 Å². The van der Waals surface area contributed by atoms with Crippen LogP contribution in [0.3, 0.4) is 0 Å². The molecule has 0 fully saturated rings. The normalized spacial score (nSPS) is 11.8. The first-order valence-electron chi connectivity index (χ1n) is 6.67. The summed E-state index contributed by atoms with van der Waals surface area (Å²) in [6, 6.07) is 5.67. The van der Waals surface area contributed by atoms with Crippen LogP contribution in [-0.2, 0) is 4.79 Å². The number of carbonyl (C=O) groups is 1. The van der Waals surface area contributed by atoms with E-state index in [9.17, 15) is 4.79 Å². The van der Waals surface area contributed by atoms with E-state index in [-0.39, 0.29) is 17.9 Å². The van der Waals surface area contributed by atoms with Crippen molar-refractivity contribution < 1.29 is 9.90 Å². The molecule has 0 spiro atoms. The van der Waals surface area contributed by atoms with Gasteiger partial charge in [0.05, 0.1) is 0 Å². The van der Waals surface area contributed by atoms with Gasteiger partial charge in [0.15, 0.2) is 0 Å². The quantitative estimate of drug-likeness (QED) is 0.792. The first kappa shape index (κ1) is 16.7. The van der Waals surface area contributed by atoms with Crippen LogP contribution in [0.5, 0.6) is 0 Å². The monoisotopic (exact) mass is 295 g/mol. The number of nitrogens with one attached hydrogen (secondary N) is 1. The Kier molecular flexibility index (Phi) is 6.24. The SMILES string of the molecule is Cc1ccc(/C=C/C(=O)NCC(C)(C)CCO)cc1Cl. The van der Waals surface area contributed by atoms with Gasteiger partial charge in [0.2, 0.25) is 5.91 Å².